The lowest BCUT2D eigenvalue weighted by atomic mass is 10.1. The first kappa shape index (κ1) is 31.9. The van der Waals surface area contributed by atoms with Gasteiger partial charge in [-0.15, -0.1) is 13.2 Å². The Kier molecular flexibility index (Phi) is 9.33. The third-order valence-electron chi connectivity index (χ3n) is 7.84. The number of ether oxygens (including phenoxy) is 4. The lowest BCUT2D eigenvalue weighted by Crippen LogP contribution is -2.45. The zero-order valence-corrected chi connectivity index (χ0v) is 25.1. The maximum absolute atomic E-state index is 14.8. The second-order valence-electron chi connectivity index (χ2n) is 11.2. The van der Waals surface area contributed by atoms with E-state index >= 15 is 0 Å². The number of hydrogen-bond donors (Lipinski definition) is 0. The third kappa shape index (κ3) is 8.41. The topological polar surface area (TPSA) is 104 Å². The zero-order chi connectivity index (χ0) is 33.0. The highest BCUT2D eigenvalue weighted by molar-refractivity contribution is 5.49. The van der Waals surface area contributed by atoms with Crippen molar-refractivity contribution in [3.05, 3.63) is 100.0 Å². The Morgan fingerprint density at radius 2 is 1.62 bits per heavy atom. The van der Waals surface area contributed by atoms with E-state index in [2.05, 4.69) is 19.5 Å². The van der Waals surface area contributed by atoms with E-state index in [1.807, 2.05) is 24.3 Å². The van der Waals surface area contributed by atoms with Gasteiger partial charge in [-0.05, 0) is 64.6 Å². The fraction of sp³-hybridized carbons (Fsp3) is 0.344. The number of halogens is 4. The molecule has 1 saturated heterocycles. The summed E-state index contributed by atoms with van der Waals surface area (Å²) in [5.41, 5.74) is 2.45. The molecule has 0 amide bonds. The van der Waals surface area contributed by atoms with Crippen LogP contribution in [0.1, 0.15) is 17.5 Å². The van der Waals surface area contributed by atoms with Crippen molar-refractivity contribution in [1.82, 2.24) is 14.5 Å². The van der Waals surface area contributed by atoms with Gasteiger partial charge in [0.2, 0.25) is 0 Å². The van der Waals surface area contributed by atoms with E-state index < -0.39 is 17.1 Å². The predicted molar refractivity (Wildman–Crippen MR) is 161 cm³/mol. The first-order valence-electron chi connectivity index (χ1n) is 14.9. The number of aryl methyl sites for hydroxylation is 1. The van der Waals surface area contributed by atoms with Crippen LogP contribution in [0.4, 0.5) is 29.1 Å². The predicted octanol–water partition coefficient (Wildman–Crippen LogP) is 5.96. The summed E-state index contributed by atoms with van der Waals surface area (Å²) in [5, 5.41) is 11.0. The molecule has 4 aromatic rings. The van der Waals surface area contributed by atoms with Crippen molar-refractivity contribution in [2.24, 2.45) is 0 Å². The van der Waals surface area contributed by atoms with Crippen molar-refractivity contribution >= 4 is 11.5 Å². The molecule has 2 aliphatic heterocycles. The summed E-state index contributed by atoms with van der Waals surface area (Å²) in [6, 6.07) is 18.1. The van der Waals surface area contributed by atoms with Crippen molar-refractivity contribution in [2.75, 3.05) is 37.7 Å². The van der Waals surface area contributed by atoms with Crippen LogP contribution in [0, 0.1) is 15.9 Å². The van der Waals surface area contributed by atoms with E-state index in [0.717, 1.165) is 37.4 Å². The minimum Gasteiger partial charge on any atom is -0.490 e. The van der Waals surface area contributed by atoms with Gasteiger partial charge in [0.05, 0.1) is 0 Å². The Hall–Kier alpha value is -5.05. The summed E-state index contributed by atoms with van der Waals surface area (Å²) in [5.74, 6) is -0.326. The van der Waals surface area contributed by atoms with E-state index in [9.17, 15) is 27.7 Å². The van der Waals surface area contributed by atoms with E-state index in [0.29, 0.717) is 37.4 Å². The van der Waals surface area contributed by atoms with Crippen LogP contribution in [-0.2, 0) is 19.7 Å². The van der Waals surface area contributed by atoms with Crippen molar-refractivity contribution in [2.45, 2.75) is 38.6 Å². The van der Waals surface area contributed by atoms with Gasteiger partial charge in [0.15, 0.2) is 11.6 Å². The van der Waals surface area contributed by atoms with Gasteiger partial charge in [-0.2, -0.15) is 0 Å². The molecular weight excluding hydrogens is 626 g/mol. The number of fused-ring (bicyclic) bond motifs is 1. The minimum absolute atomic E-state index is 0.00597. The largest absolute Gasteiger partial charge is 0.573 e. The first-order valence-corrected chi connectivity index (χ1v) is 14.9. The van der Waals surface area contributed by atoms with Gasteiger partial charge in [0.25, 0.3) is 0 Å². The van der Waals surface area contributed by atoms with Gasteiger partial charge in [-0.3, -0.25) is 9.47 Å². The lowest BCUT2D eigenvalue weighted by Gasteiger charge is -2.36. The van der Waals surface area contributed by atoms with Crippen molar-refractivity contribution in [3.8, 4) is 23.3 Å². The Labute approximate surface area is 267 Å². The highest BCUT2D eigenvalue weighted by Gasteiger charge is 2.31. The molecule has 0 aliphatic carbocycles. The lowest BCUT2D eigenvalue weighted by molar-refractivity contribution is -0.389. The number of nitro groups is 1. The fourth-order valence-electron chi connectivity index (χ4n) is 5.41. The van der Waals surface area contributed by atoms with Crippen LogP contribution < -0.4 is 23.8 Å². The Bertz CT molecular complexity index is 1670. The average molecular weight is 658 g/mol. The second-order valence-corrected chi connectivity index (χ2v) is 11.2. The van der Waals surface area contributed by atoms with Gasteiger partial charge in [-0.1, -0.05) is 18.2 Å². The van der Waals surface area contributed by atoms with E-state index in [1.54, 1.807) is 16.7 Å². The first-order chi connectivity index (χ1) is 22.6. The normalized spacial score (nSPS) is 16.7. The molecule has 0 bridgehead atoms. The molecule has 0 N–H and O–H groups in total. The maximum atomic E-state index is 14.8. The third-order valence-corrected chi connectivity index (χ3v) is 7.84. The molecule has 3 heterocycles. The molecule has 248 valence electrons. The molecule has 6 rings (SSSR count). The van der Waals surface area contributed by atoms with Gasteiger partial charge in [0, 0.05) is 56.4 Å². The monoisotopic (exact) mass is 657 g/mol. The Morgan fingerprint density at radius 1 is 0.915 bits per heavy atom. The number of benzene rings is 3. The van der Waals surface area contributed by atoms with Crippen LogP contribution in [0.25, 0.3) is 0 Å². The fourth-order valence-corrected chi connectivity index (χ4v) is 5.41. The second kappa shape index (κ2) is 13.7. The molecular formula is C32H31F4N5O6. The van der Waals surface area contributed by atoms with Gasteiger partial charge in [-0.25, -0.2) is 4.39 Å². The van der Waals surface area contributed by atoms with Crippen LogP contribution in [-0.4, -0.2) is 64.6 Å². The molecule has 47 heavy (non-hydrogen) atoms. The van der Waals surface area contributed by atoms with Crippen LogP contribution in [0.2, 0.25) is 0 Å². The Balaban J connectivity index is 0.925. The molecule has 1 unspecified atom stereocenters. The molecule has 0 spiro atoms. The number of imidazole rings is 1. The van der Waals surface area contributed by atoms with Crippen LogP contribution in [0.3, 0.4) is 0 Å². The molecule has 2 aliphatic rings. The molecule has 11 nitrogen and oxygen atoms in total. The van der Waals surface area contributed by atoms with E-state index in [-0.39, 0.29) is 36.0 Å². The average Bonchev–Trinajstić information content (AvgIpc) is 3.48. The van der Waals surface area contributed by atoms with Crippen molar-refractivity contribution in [1.29, 1.82) is 0 Å². The van der Waals surface area contributed by atoms with E-state index in [4.69, 9.17) is 14.2 Å². The molecule has 3 aromatic carbocycles. The van der Waals surface area contributed by atoms with Crippen molar-refractivity contribution in [3.63, 3.8) is 0 Å². The molecule has 15 heteroatoms. The number of nitrogens with zero attached hydrogens (tertiary/aromatic N) is 5. The molecule has 1 atom stereocenters. The maximum Gasteiger partial charge on any atom is 0.573 e. The standard InChI is InChI=1S/C32H31F4N5O6/c33-28-17-23(3-10-29(28)45-20-22-1-6-26(7-2-22)47-32(34,35)36)18-38-13-15-39(16-14-38)24-4-8-25(9-5-24)44-21-27-11-12-40-19-30(41(42)43)37-31(40)46-27/h1-10,17,19,27H,11-16,18,20-21H2. The highest BCUT2D eigenvalue weighted by atomic mass is 19.4. The van der Waals surface area contributed by atoms with Crippen molar-refractivity contribution < 1.29 is 41.4 Å². The van der Waals surface area contributed by atoms with Gasteiger partial charge < -0.3 is 34.0 Å². The smallest absolute Gasteiger partial charge is 0.490 e. The number of rotatable bonds is 11. The minimum atomic E-state index is -4.77. The summed E-state index contributed by atoms with van der Waals surface area (Å²) in [6.45, 7) is 4.61. The van der Waals surface area contributed by atoms with Gasteiger partial charge in [0.1, 0.15) is 37.0 Å². The molecule has 1 aromatic heterocycles. The number of aromatic nitrogens is 2. The summed E-state index contributed by atoms with van der Waals surface area (Å²) in [7, 11) is 0. The molecule has 0 radical (unpaired) electrons. The number of alkyl halides is 3. The SMILES string of the molecule is O=[N+]([O-])c1cn2c(n1)OC(COc1ccc(N3CCN(Cc4ccc(OCc5ccc(OC(F)(F)F)cc5)c(F)c4)CC3)cc1)CC2. The van der Waals surface area contributed by atoms with Crippen LogP contribution in [0.5, 0.6) is 23.3 Å². The quantitative estimate of drug-likeness (QED) is 0.110. The number of anilines is 1. The molecule has 1 fully saturated rings. The molecule has 0 saturated carbocycles. The Morgan fingerprint density at radius 3 is 2.30 bits per heavy atom. The summed E-state index contributed by atoms with van der Waals surface area (Å²) in [4.78, 5) is 18.8. The van der Waals surface area contributed by atoms with Gasteiger partial charge >= 0.3 is 18.2 Å². The van der Waals surface area contributed by atoms with Crippen LogP contribution >= 0.6 is 0 Å². The zero-order valence-electron chi connectivity index (χ0n) is 25.1. The number of hydrogen-bond acceptors (Lipinski definition) is 9. The summed E-state index contributed by atoms with van der Waals surface area (Å²) in [6.07, 6.45) is -3.00. The van der Waals surface area contributed by atoms with E-state index in [1.165, 1.54) is 36.5 Å². The van der Waals surface area contributed by atoms with Crippen LogP contribution in [0.15, 0.2) is 72.9 Å². The summed E-state index contributed by atoms with van der Waals surface area (Å²) >= 11 is 0. The number of piperazine rings is 1. The summed E-state index contributed by atoms with van der Waals surface area (Å²) < 4.78 is 74.5. The highest BCUT2D eigenvalue weighted by Crippen LogP contribution is 2.27.